The summed E-state index contributed by atoms with van der Waals surface area (Å²) in [6.07, 6.45) is 1.19. The van der Waals surface area contributed by atoms with Gasteiger partial charge in [0.15, 0.2) is 0 Å². The molecule has 0 fully saturated rings. The van der Waals surface area contributed by atoms with Crippen molar-refractivity contribution in [3.63, 3.8) is 0 Å². The molecular weight excluding hydrogens is 190 g/mol. The summed E-state index contributed by atoms with van der Waals surface area (Å²) >= 11 is 0. The van der Waals surface area contributed by atoms with Crippen molar-refractivity contribution in [2.75, 3.05) is 14.2 Å². The highest BCUT2D eigenvalue weighted by atomic mass is 16.5. The number of nitrogens with zero attached hydrogens (tertiary/aromatic N) is 1. The second kappa shape index (κ2) is 5.26. The molecule has 0 saturated heterocycles. The third kappa shape index (κ3) is 2.21. The molecule has 1 aromatic rings. The van der Waals surface area contributed by atoms with Crippen molar-refractivity contribution in [3.8, 4) is 17.6 Å². The zero-order chi connectivity index (χ0) is 11.3. The number of hydrogen-bond acceptors (Lipinski definition) is 3. The smallest absolute Gasteiger partial charge is 0.129 e. The van der Waals surface area contributed by atoms with Crippen LogP contribution in [0.5, 0.6) is 11.5 Å². The van der Waals surface area contributed by atoms with Crippen LogP contribution < -0.4 is 9.47 Å². The minimum absolute atomic E-state index is 0.361. The van der Waals surface area contributed by atoms with Crippen molar-refractivity contribution in [1.82, 2.24) is 0 Å². The van der Waals surface area contributed by atoms with Gasteiger partial charge in [-0.15, -0.1) is 0 Å². The highest BCUT2D eigenvalue weighted by molar-refractivity contribution is 5.50. The first-order valence-electron chi connectivity index (χ1n) is 4.88. The molecule has 3 heteroatoms. The molecule has 1 rings (SSSR count). The molecule has 0 bridgehead atoms. The molecule has 80 valence electrons. The van der Waals surface area contributed by atoms with E-state index in [4.69, 9.17) is 14.7 Å². The standard InChI is InChI=1S/C12H15NO2/c1-4-10-11(14-2)6-5-9(7-8-13)12(10)15-3/h5-6H,4,7H2,1-3H3. The number of ether oxygens (including phenoxy) is 2. The topological polar surface area (TPSA) is 42.2 Å². The van der Waals surface area contributed by atoms with E-state index < -0.39 is 0 Å². The van der Waals surface area contributed by atoms with Gasteiger partial charge in [0.05, 0.1) is 26.7 Å². The van der Waals surface area contributed by atoms with Gasteiger partial charge in [0, 0.05) is 11.1 Å². The Kier molecular flexibility index (Phi) is 3.99. The maximum atomic E-state index is 8.69. The lowest BCUT2D eigenvalue weighted by atomic mass is 10.0. The lowest BCUT2D eigenvalue weighted by Crippen LogP contribution is -1.99. The molecule has 0 radical (unpaired) electrons. The van der Waals surface area contributed by atoms with Crippen LogP contribution in [-0.2, 0) is 12.8 Å². The second-order valence-corrected chi connectivity index (χ2v) is 3.13. The Morgan fingerprint density at radius 3 is 2.47 bits per heavy atom. The summed E-state index contributed by atoms with van der Waals surface area (Å²) in [5.74, 6) is 1.59. The first-order valence-corrected chi connectivity index (χ1v) is 4.88. The molecule has 0 aliphatic rings. The van der Waals surface area contributed by atoms with Crippen molar-refractivity contribution in [2.45, 2.75) is 19.8 Å². The van der Waals surface area contributed by atoms with Gasteiger partial charge < -0.3 is 9.47 Å². The van der Waals surface area contributed by atoms with E-state index in [1.807, 2.05) is 19.1 Å². The van der Waals surface area contributed by atoms with Gasteiger partial charge in [-0.2, -0.15) is 5.26 Å². The molecule has 0 saturated carbocycles. The van der Waals surface area contributed by atoms with Gasteiger partial charge in [0.25, 0.3) is 0 Å². The summed E-state index contributed by atoms with van der Waals surface area (Å²) in [5, 5.41) is 8.69. The first-order chi connectivity index (χ1) is 7.28. The van der Waals surface area contributed by atoms with Gasteiger partial charge in [0.2, 0.25) is 0 Å². The molecule has 3 nitrogen and oxygen atoms in total. The number of rotatable bonds is 4. The van der Waals surface area contributed by atoms with Gasteiger partial charge in [-0.05, 0) is 12.5 Å². The molecular formula is C12H15NO2. The Morgan fingerprint density at radius 2 is 2.00 bits per heavy atom. The first kappa shape index (κ1) is 11.4. The van der Waals surface area contributed by atoms with Crippen LogP contribution in [0.25, 0.3) is 0 Å². The second-order valence-electron chi connectivity index (χ2n) is 3.13. The summed E-state index contributed by atoms with van der Waals surface area (Å²) in [6, 6.07) is 5.88. The molecule has 0 aliphatic carbocycles. The van der Waals surface area contributed by atoms with Crippen molar-refractivity contribution in [3.05, 3.63) is 23.3 Å². The fraction of sp³-hybridized carbons (Fsp3) is 0.417. The largest absolute Gasteiger partial charge is 0.496 e. The highest BCUT2D eigenvalue weighted by Crippen LogP contribution is 2.32. The van der Waals surface area contributed by atoms with Crippen LogP contribution in [0, 0.1) is 11.3 Å². The van der Waals surface area contributed by atoms with Crippen LogP contribution in [0.2, 0.25) is 0 Å². The van der Waals surface area contributed by atoms with Crippen LogP contribution in [0.3, 0.4) is 0 Å². The number of methoxy groups -OCH3 is 2. The number of benzene rings is 1. The van der Waals surface area contributed by atoms with E-state index in [9.17, 15) is 0 Å². The summed E-state index contributed by atoms with van der Waals surface area (Å²) < 4.78 is 10.6. The monoisotopic (exact) mass is 205 g/mol. The molecule has 0 N–H and O–H groups in total. The highest BCUT2D eigenvalue weighted by Gasteiger charge is 2.12. The van der Waals surface area contributed by atoms with E-state index in [2.05, 4.69) is 6.07 Å². The summed E-state index contributed by atoms with van der Waals surface area (Å²) in [5.41, 5.74) is 1.94. The van der Waals surface area contributed by atoms with E-state index in [1.165, 1.54) is 0 Å². The Hall–Kier alpha value is -1.69. The van der Waals surface area contributed by atoms with Gasteiger partial charge in [-0.3, -0.25) is 0 Å². The third-order valence-corrected chi connectivity index (χ3v) is 2.35. The number of hydrogen-bond donors (Lipinski definition) is 0. The molecule has 0 aliphatic heterocycles. The molecule has 0 atom stereocenters. The van der Waals surface area contributed by atoms with Crippen LogP contribution in [0.4, 0.5) is 0 Å². The van der Waals surface area contributed by atoms with Crippen LogP contribution in [-0.4, -0.2) is 14.2 Å². The summed E-state index contributed by atoms with van der Waals surface area (Å²) in [4.78, 5) is 0. The lowest BCUT2D eigenvalue weighted by molar-refractivity contribution is 0.383. The third-order valence-electron chi connectivity index (χ3n) is 2.35. The SMILES string of the molecule is CCc1c(OC)ccc(CC#N)c1OC. The van der Waals surface area contributed by atoms with E-state index in [0.717, 1.165) is 29.0 Å². The average Bonchev–Trinajstić information content (AvgIpc) is 2.28. The van der Waals surface area contributed by atoms with E-state index in [1.54, 1.807) is 14.2 Å². The zero-order valence-corrected chi connectivity index (χ0v) is 9.33. The van der Waals surface area contributed by atoms with Gasteiger partial charge in [-0.1, -0.05) is 13.0 Å². The quantitative estimate of drug-likeness (QED) is 0.757. The number of nitriles is 1. The van der Waals surface area contributed by atoms with E-state index in [0.29, 0.717) is 6.42 Å². The Bertz CT molecular complexity index is 380. The van der Waals surface area contributed by atoms with E-state index in [-0.39, 0.29) is 0 Å². The minimum atomic E-state index is 0.361. The predicted molar refractivity (Wildman–Crippen MR) is 58.2 cm³/mol. The molecule has 0 spiro atoms. The molecule has 1 aromatic carbocycles. The van der Waals surface area contributed by atoms with Crippen LogP contribution >= 0.6 is 0 Å². The minimum Gasteiger partial charge on any atom is -0.496 e. The zero-order valence-electron chi connectivity index (χ0n) is 9.33. The molecule has 0 aromatic heterocycles. The Morgan fingerprint density at radius 1 is 1.27 bits per heavy atom. The van der Waals surface area contributed by atoms with Crippen molar-refractivity contribution in [2.24, 2.45) is 0 Å². The van der Waals surface area contributed by atoms with Crippen molar-refractivity contribution >= 4 is 0 Å². The summed E-state index contributed by atoms with van der Waals surface area (Å²) in [6.45, 7) is 2.04. The summed E-state index contributed by atoms with van der Waals surface area (Å²) in [7, 11) is 3.26. The molecule has 15 heavy (non-hydrogen) atoms. The van der Waals surface area contributed by atoms with Gasteiger partial charge >= 0.3 is 0 Å². The molecule has 0 amide bonds. The Balaban J connectivity index is 3.28. The van der Waals surface area contributed by atoms with Crippen LogP contribution in [0.1, 0.15) is 18.1 Å². The van der Waals surface area contributed by atoms with Gasteiger partial charge in [-0.25, -0.2) is 0 Å². The Labute approximate surface area is 90.2 Å². The van der Waals surface area contributed by atoms with Crippen molar-refractivity contribution in [1.29, 1.82) is 5.26 Å². The predicted octanol–water partition coefficient (Wildman–Crippen LogP) is 2.33. The lowest BCUT2D eigenvalue weighted by Gasteiger charge is -2.14. The fourth-order valence-electron chi connectivity index (χ4n) is 1.66. The van der Waals surface area contributed by atoms with Gasteiger partial charge in [0.1, 0.15) is 11.5 Å². The molecule has 0 unspecified atom stereocenters. The fourth-order valence-corrected chi connectivity index (χ4v) is 1.66. The average molecular weight is 205 g/mol. The maximum Gasteiger partial charge on any atom is 0.129 e. The van der Waals surface area contributed by atoms with E-state index >= 15 is 0 Å². The maximum absolute atomic E-state index is 8.69. The molecule has 0 heterocycles. The normalized spacial score (nSPS) is 9.47. The van der Waals surface area contributed by atoms with Crippen LogP contribution in [0.15, 0.2) is 12.1 Å². The van der Waals surface area contributed by atoms with Crippen molar-refractivity contribution < 1.29 is 9.47 Å².